The molecule has 0 fully saturated rings. The molecule has 0 aromatic heterocycles. The van der Waals surface area contributed by atoms with E-state index in [-0.39, 0.29) is 11.9 Å². The summed E-state index contributed by atoms with van der Waals surface area (Å²) in [6.45, 7) is 9.17. The Bertz CT molecular complexity index is 587. The Morgan fingerprint density at radius 3 is 1.94 bits per heavy atom. The lowest BCUT2D eigenvalue weighted by Gasteiger charge is -2.13. The maximum atomic E-state index is 12.0. The second-order valence-electron chi connectivity index (χ2n) is 9.00. The number of ether oxygens (including phenoxy) is 4. The quantitative estimate of drug-likeness (QED) is 0.123. The molecule has 0 N–H and O–H groups in total. The molecule has 1 unspecified atom stereocenters. The summed E-state index contributed by atoms with van der Waals surface area (Å²) in [5.74, 6) is 0.803. The van der Waals surface area contributed by atoms with Crippen molar-refractivity contribution in [1.29, 1.82) is 0 Å². The standard InChI is InChI=1S/C29H50O5/c1-4-7-9-10-11-12-13-14-26-16-18-28(19-17-26)33-24-22-31-20-21-32-23-25-34-29(30)27(6-3)15-8-5-2/h16-19,27H,4-15,20-25H2,1-3H3. The number of aryl methyl sites for hydroxylation is 1. The summed E-state index contributed by atoms with van der Waals surface area (Å²) in [4.78, 5) is 12.0. The van der Waals surface area contributed by atoms with Crippen LogP contribution in [0.25, 0.3) is 0 Å². The van der Waals surface area contributed by atoms with E-state index in [2.05, 4.69) is 26.0 Å². The molecular formula is C29H50O5. The van der Waals surface area contributed by atoms with Crippen LogP contribution in [-0.2, 0) is 25.4 Å². The van der Waals surface area contributed by atoms with Gasteiger partial charge in [-0.2, -0.15) is 0 Å². The van der Waals surface area contributed by atoms with Crippen LogP contribution in [0.1, 0.15) is 97.0 Å². The fourth-order valence-corrected chi connectivity index (χ4v) is 3.84. The van der Waals surface area contributed by atoms with Crippen LogP contribution in [-0.4, -0.2) is 45.6 Å². The lowest BCUT2D eigenvalue weighted by atomic mass is 10.00. The van der Waals surface area contributed by atoms with Crippen molar-refractivity contribution in [3.05, 3.63) is 29.8 Å². The molecule has 0 saturated heterocycles. The Balaban J connectivity index is 1.96. The third kappa shape index (κ3) is 16.1. The topological polar surface area (TPSA) is 54.0 Å². The molecule has 0 heterocycles. The van der Waals surface area contributed by atoms with Crippen molar-refractivity contribution in [2.75, 3.05) is 39.6 Å². The molecule has 1 aromatic rings. The number of rotatable bonds is 23. The van der Waals surface area contributed by atoms with E-state index in [0.717, 1.165) is 37.9 Å². The van der Waals surface area contributed by atoms with Gasteiger partial charge < -0.3 is 18.9 Å². The first-order valence-corrected chi connectivity index (χ1v) is 13.7. The Morgan fingerprint density at radius 1 is 0.706 bits per heavy atom. The van der Waals surface area contributed by atoms with Gasteiger partial charge in [-0.25, -0.2) is 0 Å². The first-order chi connectivity index (χ1) is 16.7. The van der Waals surface area contributed by atoms with Crippen LogP contribution < -0.4 is 4.74 Å². The molecule has 0 amide bonds. The highest BCUT2D eigenvalue weighted by molar-refractivity contribution is 5.72. The van der Waals surface area contributed by atoms with Gasteiger partial charge in [-0.3, -0.25) is 4.79 Å². The molecule has 0 radical (unpaired) electrons. The molecule has 0 aliphatic carbocycles. The first kappa shape index (κ1) is 30.4. The summed E-state index contributed by atoms with van der Waals surface area (Å²) in [6, 6.07) is 8.43. The second-order valence-corrected chi connectivity index (χ2v) is 9.00. The summed E-state index contributed by atoms with van der Waals surface area (Å²) in [7, 11) is 0. The smallest absolute Gasteiger partial charge is 0.308 e. The molecular weight excluding hydrogens is 428 g/mol. The van der Waals surface area contributed by atoms with E-state index in [9.17, 15) is 4.79 Å². The summed E-state index contributed by atoms with van der Waals surface area (Å²) >= 11 is 0. The predicted molar refractivity (Wildman–Crippen MR) is 140 cm³/mol. The van der Waals surface area contributed by atoms with Gasteiger partial charge in [0.05, 0.1) is 32.3 Å². The van der Waals surface area contributed by atoms with Crippen LogP contribution in [0.5, 0.6) is 5.75 Å². The van der Waals surface area contributed by atoms with Crippen LogP contribution in [0.2, 0.25) is 0 Å². The Kier molecular flexibility index (Phi) is 19.6. The molecule has 0 spiro atoms. The minimum atomic E-state index is -0.0983. The van der Waals surface area contributed by atoms with Crippen molar-refractivity contribution >= 4 is 5.97 Å². The Labute approximate surface area is 208 Å². The van der Waals surface area contributed by atoms with Crippen LogP contribution >= 0.6 is 0 Å². The number of carbonyl (C=O) groups excluding carboxylic acids is 1. The molecule has 1 rings (SSSR count). The highest BCUT2D eigenvalue weighted by atomic mass is 16.6. The van der Waals surface area contributed by atoms with E-state index in [4.69, 9.17) is 18.9 Å². The molecule has 0 aliphatic rings. The minimum Gasteiger partial charge on any atom is -0.491 e. The summed E-state index contributed by atoms with van der Waals surface area (Å²) < 4.78 is 22.1. The molecule has 34 heavy (non-hydrogen) atoms. The first-order valence-electron chi connectivity index (χ1n) is 13.7. The number of esters is 1. The second kappa shape index (κ2) is 21.9. The predicted octanol–water partition coefficient (Wildman–Crippen LogP) is 7.15. The molecule has 1 aromatic carbocycles. The van der Waals surface area contributed by atoms with E-state index >= 15 is 0 Å². The number of carbonyl (C=O) groups is 1. The molecule has 1 atom stereocenters. The van der Waals surface area contributed by atoms with Gasteiger partial charge in [-0.15, -0.1) is 0 Å². The van der Waals surface area contributed by atoms with E-state index in [1.54, 1.807) is 0 Å². The largest absolute Gasteiger partial charge is 0.491 e. The average Bonchev–Trinajstić information content (AvgIpc) is 2.86. The third-order valence-corrected chi connectivity index (χ3v) is 6.07. The number of hydrogen-bond donors (Lipinski definition) is 0. The van der Waals surface area contributed by atoms with Gasteiger partial charge in [0.1, 0.15) is 19.0 Å². The molecule has 0 bridgehead atoms. The van der Waals surface area contributed by atoms with Gasteiger partial charge in [0.2, 0.25) is 0 Å². The summed E-state index contributed by atoms with van der Waals surface area (Å²) in [5.41, 5.74) is 1.38. The van der Waals surface area contributed by atoms with Crippen LogP contribution in [0.15, 0.2) is 24.3 Å². The van der Waals surface area contributed by atoms with Crippen molar-refractivity contribution in [3.8, 4) is 5.75 Å². The fraction of sp³-hybridized carbons (Fsp3) is 0.759. The fourth-order valence-electron chi connectivity index (χ4n) is 3.84. The lowest BCUT2D eigenvalue weighted by molar-refractivity contribution is -0.150. The number of benzene rings is 1. The zero-order chi connectivity index (χ0) is 24.7. The van der Waals surface area contributed by atoms with E-state index < -0.39 is 0 Å². The van der Waals surface area contributed by atoms with E-state index in [0.29, 0.717) is 39.6 Å². The van der Waals surface area contributed by atoms with E-state index in [1.807, 2.05) is 19.1 Å². The molecule has 196 valence electrons. The van der Waals surface area contributed by atoms with Crippen molar-refractivity contribution < 1.29 is 23.7 Å². The van der Waals surface area contributed by atoms with E-state index in [1.165, 1.54) is 50.5 Å². The minimum absolute atomic E-state index is 0.0181. The van der Waals surface area contributed by atoms with Crippen molar-refractivity contribution in [2.24, 2.45) is 5.92 Å². The van der Waals surface area contributed by atoms with Gasteiger partial charge in [-0.1, -0.05) is 84.3 Å². The molecule has 5 heteroatoms. The van der Waals surface area contributed by atoms with Gasteiger partial charge in [0.15, 0.2) is 0 Å². The summed E-state index contributed by atoms with van der Waals surface area (Å²) in [6.07, 6.45) is 14.5. The maximum Gasteiger partial charge on any atom is 0.308 e. The summed E-state index contributed by atoms with van der Waals surface area (Å²) in [5, 5.41) is 0. The third-order valence-electron chi connectivity index (χ3n) is 6.07. The van der Waals surface area contributed by atoms with Crippen LogP contribution in [0.3, 0.4) is 0 Å². The van der Waals surface area contributed by atoms with Crippen molar-refractivity contribution in [1.82, 2.24) is 0 Å². The molecule has 0 saturated carbocycles. The Hall–Kier alpha value is -1.59. The van der Waals surface area contributed by atoms with Gasteiger partial charge in [0.25, 0.3) is 0 Å². The monoisotopic (exact) mass is 478 g/mol. The van der Waals surface area contributed by atoms with Crippen LogP contribution in [0, 0.1) is 5.92 Å². The zero-order valence-electron chi connectivity index (χ0n) is 22.2. The molecule has 5 nitrogen and oxygen atoms in total. The van der Waals surface area contributed by atoms with Gasteiger partial charge >= 0.3 is 5.97 Å². The van der Waals surface area contributed by atoms with Crippen molar-refractivity contribution in [3.63, 3.8) is 0 Å². The van der Waals surface area contributed by atoms with Gasteiger partial charge in [0, 0.05) is 0 Å². The SMILES string of the molecule is CCCCCCCCCc1ccc(OCCOCCOCCOC(=O)C(CC)CCCC)cc1. The maximum absolute atomic E-state index is 12.0. The normalized spacial score (nSPS) is 12.0. The highest BCUT2D eigenvalue weighted by Crippen LogP contribution is 2.16. The van der Waals surface area contributed by atoms with Crippen LogP contribution in [0.4, 0.5) is 0 Å². The highest BCUT2D eigenvalue weighted by Gasteiger charge is 2.16. The number of hydrogen-bond acceptors (Lipinski definition) is 5. The number of unbranched alkanes of at least 4 members (excludes halogenated alkanes) is 7. The molecule has 0 aliphatic heterocycles. The van der Waals surface area contributed by atoms with Crippen molar-refractivity contribution in [2.45, 2.75) is 97.8 Å². The average molecular weight is 479 g/mol. The van der Waals surface area contributed by atoms with Gasteiger partial charge in [-0.05, 0) is 43.4 Å². The Morgan fingerprint density at radius 2 is 1.29 bits per heavy atom. The lowest BCUT2D eigenvalue weighted by Crippen LogP contribution is -2.20. The zero-order valence-corrected chi connectivity index (χ0v) is 22.2.